The molecule has 0 aromatic heterocycles. The third kappa shape index (κ3) is 3.68. The molecule has 21 heavy (non-hydrogen) atoms. The van der Waals surface area contributed by atoms with Gasteiger partial charge in [0.25, 0.3) is 5.91 Å². The van der Waals surface area contributed by atoms with Crippen molar-refractivity contribution in [1.29, 1.82) is 0 Å². The number of hydrogen-bond acceptors (Lipinski definition) is 4. The van der Waals surface area contributed by atoms with Crippen LogP contribution in [0.5, 0.6) is 0 Å². The molecule has 1 amide bonds. The third-order valence-electron chi connectivity index (χ3n) is 3.35. The van der Waals surface area contributed by atoms with Crippen molar-refractivity contribution in [2.24, 2.45) is 0 Å². The van der Waals surface area contributed by atoms with Gasteiger partial charge in [-0.15, -0.1) is 0 Å². The monoisotopic (exact) mass is 298 g/mol. The number of carbonyl (C=O) groups excluding carboxylic acids is 2. The first-order valence-corrected chi connectivity index (χ1v) is 6.68. The Labute approximate surface area is 120 Å². The van der Waals surface area contributed by atoms with Crippen LogP contribution in [0.25, 0.3) is 0 Å². The van der Waals surface area contributed by atoms with Gasteiger partial charge in [-0.2, -0.15) is 0 Å². The first-order chi connectivity index (χ1) is 9.99. The van der Waals surface area contributed by atoms with Gasteiger partial charge in [-0.1, -0.05) is 0 Å². The van der Waals surface area contributed by atoms with E-state index in [1.807, 2.05) is 0 Å². The lowest BCUT2D eigenvalue weighted by Crippen LogP contribution is -2.38. The molecule has 2 N–H and O–H groups in total. The summed E-state index contributed by atoms with van der Waals surface area (Å²) in [5, 5.41) is 0. The normalized spacial score (nSPS) is 14.9. The Balaban J connectivity index is 1.95. The highest BCUT2D eigenvalue weighted by Gasteiger charge is 2.20. The molecular weight excluding hydrogens is 282 g/mol. The van der Waals surface area contributed by atoms with Crippen LogP contribution in [0.4, 0.5) is 14.5 Å². The molecule has 0 radical (unpaired) electrons. The summed E-state index contributed by atoms with van der Waals surface area (Å²) >= 11 is 0. The van der Waals surface area contributed by atoms with Crippen LogP contribution in [0.3, 0.4) is 0 Å². The minimum Gasteiger partial charge on any atom is -0.452 e. The summed E-state index contributed by atoms with van der Waals surface area (Å²) in [7, 11) is 0. The molecule has 1 saturated heterocycles. The molecule has 0 unspecified atom stereocenters. The molecule has 1 heterocycles. The van der Waals surface area contributed by atoms with E-state index in [0.717, 1.165) is 19.3 Å². The van der Waals surface area contributed by atoms with E-state index >= 15 is 0 Å². The van der Waals surface area contributed by atoms with E-state index in [9.17, 15) is 18.4 Å². The first kappa shape index (κ1) is 15.2. The van der Waals surface area contributed by atoms with Gasteiger partial charge in [0, 0.05) is 24.8 Å². The number of nitrogens with two attached hydrogens (primary N) is 1. The molecule has 0 atom stereocenters. The average molecular weight is 298 g/mol. The Hall–Kier alpha value is -2.18. The number of halogens is 2. The van der Waals surface area contributed by atoms with Crippen molar-refractivity contribution in [1.82, 2.24) is 4.90 Å². The van der Waals surface area contributed by atoms with Crippen LogP contribution in [-0.2, 0) is 9.53 Å². The highest BCUT2D eigenvalue weighted by molar-refractivity contribution is 5.96. The van der Waals surface area contributed by atoms with Crippen molar-refractivity contribution < 1.29 is 23.1 Å². The topological polar surface area (TPSA) is 72.6 Å². The van der Waals surface area contributed by atoms with Gasteiger partial charge >= 0.3 is 5.97 Å². The highest BCUT2D eigenvalue weighted by atomic mass is 19.2. The van der Waals surface area contributed by atoms with Crippen LogP contribution in [-0.4, -0.2) is 36.5 Å². The second kappa shape index (κ2) is 6.51. The standard InChI is InChI=1S/C14H16F2N2O3/c15-10-6-9(12(17)7-11(10)16)14(20)21-8-13(19)18-4-2-1-3-5-18/h6-7H,1-5,8,17H2. The predicted molar refractivity (Wildman–Crippen MR) is 71.5 cm³/mol. The van der Waals surface area contributed by atoms with Gasteiger partial charge in [0.1, 0.15) is 0 Å². The van der Waals surface area contributed by atoms with Crippen molar-refractivity contribution in [3.8, 4) is 0 Å². The van der Waals surface area contributed by atoms with Gasteiger partial charge in [0.05, 0.1) is 5.56 Å². The third-order valence-corrected chi connectivity index (χ3v) is 3.35. The number of hydrogen-bond donors (Lipinski definition) is 1. The van der Waals surface area contributed by atoms with Crippen molar-refractivity contribution in [2.75, 3.05) is 25.4 Å². The maximum absolute atomic E-state index is 13.1. The predicted octanol–water partition coefficient (Wildman–Crippen LogP) is 1.72. The van der Waals surface area contributed by atoms with Gasteiger partial charge in [-0.05, 0) is 25.3 Å². The SMILES string of the molecule is Nc1cc(F)c(F)cc1C(=O)OCC(=O)N1CCCCC1. The van der Waals surface area contributed by atoms with Crippen LogP contribution in [0.2, 0.25) is 0 Å². The van der Waals surface area contributed by atoms with E-state index in [1.165, 1.54) is 0 Å². The van der Waals surface area contributed by atoms with Crippen LogP contribution < -0.4 is 5.73 Å². The molecule has 1 aliphatic heterocycles. The van der Waals surface area contributed by atoms with Crippen LogP contribution in [0, 0.1) is 11.6 Å². The molecule has 0 bridgehead atoms. The molecule has 0 aliphatic carbocycles. The van der Waals surface area contributed by atoms with Gasteiger partial charge in [-0.25, -0.2) is 13.6 Å². The van der Waals surface area contributed by atoms with E-state index in [2.05, 4.69) is 0 Å². The lowest BCUT2D eigenvalue weighted by molar-refractivity contribution is -0.135. The second-order valence-corrected chi connectivity index (χ2v) is 4.87. The summed E-state index contributed by atoms with van der Waals surface area (Å²) in [5.41, 5.74) is 4.91. The molecule has 1 aromatic carbocycles. The summed E-state index contributed by atoms with van der Waals surface area (Å²) < 4.78 is 30.8. The van der Waals surface area contributed by atoms with Crippen molar-refractivity contribution >= 4 is 17.6 Å². The van der Waals surface area contributed by atoms with E-state index in [0.29, 0.717) is 25.2 Å². The molecule has 1 aromatic rings. The van der Waals surface area contributed by atoms with Gasteiger partial charge in [0.15, 0.2) is 18.2 Å². The summed E-state index contributed by atoms with van der Waals surface area (Å²) in [6.45, 7) is 0.852. The first-order valence-electron chi connectivity index (χ1n) is 6.68. The summed E-state index contributed by atoms with van der Waals surface area (Å²) in [6, 6.07) is 1.37. The molecule has 0 saturated carbocycles. The molecule has 1 aliphatic rings. The Morgan fingerprint density at radius 2 is 1.76 bits per heavy atom. The lowest BCUT2D eigenvalue weighted by atomic mass is 10.1. The molecule has 0 spiro atoms. The van der Waals surface area contributed by atoms with Crippen molar-refractivity contribution in [3.63, 3.8) is 0 Å². The van der Waals surface area contributed by atoms with Crippen LogP contribution in [0.1, 0.15) is 29.6 Å². The quantitative estimate of drug-likeness (QED) is 0.681. The number of amides is 1. The summed E-state index contributed by atoms with van der Waals surface area (Å²) in [5.74, 6) is -3.59. The number of nitrogens with zero attached hydrogens (tertiary/aromatic N) is 1. The fourth-order valence-electron chi connectivity index (χ4n) is 2.18. The molecule has 114 valence electrons. The van der Waals surface area contributed by atoms with Crippen LogP contribution in [0.15, 0.2) is 12.1 Å². The summed E-state index contributed by atoms with van der Waals surface area (Å²) in [4.78, 5) is 25.2. The number of likely N-dealkylation sites (tertiary alicyclic amines) is 1. The van der Waals surface area contributed by atoms with Gasteiger partial charge < -0.3 is 15.4 Å². The van der Waals surface area contributed by atoms with Crippen LogP contribution >= 0.6 is 0 Å². The maximum atomic E-state index is 13.1. The van der Waals surface area contributed by atoms with E-state index in [4.69, 9.17) is 10.5 Å². The van der Waals surface area contributed by atoms with E-state index in [-0.39, 0.29) is 17.2 Å². The summed E-state index contributed by atoms with van der Waals surface area (Å²) in [6.07, 6.45) is 2.93. The number of carbonyl (C=O) groups is 2. The number of piperidine rings is 1. The zero-order valence-electron chi connectivity index (χ0n) is 11.4. The number of nitrogen functional groups attached to an aromatic ring is 1. The lowest BCUT2D eigenvalue weighted by Gasteiger charge is -2.26. The number of rotatable bonds is 3. The van der Waals surface area contributed by atoms with E-state index < -0.39 is 24.2 Å². The fraction of sp³-hybridized carbons (Fsp3) is 0.429. The Morgan fingerprint density at radius 3 is 2.43 bits per heavy atom. The van der Waals surface area contributed by atoms with Crippen molar-refractivity contribution in [3.05, 3.63) is 29.3 Å². The smallest absolute Gasteiger partial charge is 0.340 e. The maximum Gasteiger partial charge on any atom is 0.340 e. The zero-order chi connectivity index (χ0) is 15.4. The fourth-order valence-corrected chi connectivity index (χ4v) is 2.18. The molecule has 2 rings (SSSR count). The molecule has 7 heteroatoms. The molecular formula is C14H16F2N2O3. The Bertz CT molecular complexity index is 557. The highest BCUT2D eigenvalue weighted by Crippen LogP contribution is 2.18. The van der Waals surface area contributed by atoms with Gasteiger partial charge in [-0.3, -0.25) is 4.79 Å². The number of esters is 1. The molecule has 5 nitrogen and oxygen atoms in total. The average Bonchev–Trinajstić information content (AvgIpc) is 2.49. The Morgan fingerprint density at radius 1 is 1.14 bits per heavy atom. The van der Waals surface area contributed by atoms with Crippen molar-refractivity contribution in [2.45, 2.75) is 19.3 Å². The number of anilines is 1. The second-order valence-electron chi connectivity index (χ2n) is 4.87. The number of ether oxygens (including phenoxy) is 1. The number of benzene rings is 1. The minimum absolute atomic E-state index is 0.232. The van der Waals surface area contributed by atoms with E-state index in [1.54, 1.807) is 4.90 Å². The Kier molecular flexibility index (Phi) is 4.72. The zero-order valence-corrected chi connectivity index (χ0v) is 11.4. The molecule has 1 fully saturated rings. The minimum atomic E-state index is -1.20. The largest absolute Gasteiger partial charge is 0.452 e. The van der Waals surface area contributed by atoms with Gasteiger partial charge in [0.2, 0.25) is 0 Å².